The number of ether oxygens (including phenoxy) is 1. The van der Waals surface area contributed by atoms with Crippen molar-refractivity contribution in [1.82, 2.24) is 4.90 Å². The Kier molecular flexibility index (Phi) is 7.36. The molecule has 5 nitrogen and oxygen atoms in total. The molecule has 100 valence electrons. The van der Waals surface area contributed by atoms with Crippen LogP contribution in [0.5, 0.6) is 0 Å². The molecule has 0 aromatic heterocycles. The monoisotopic (exact) mass is 253 g/mol. The van der Waals surface area contributed by atoms with E-state index >= 15 is 0 Å². The average Bonchev–Trinajstić information content (AvgIpc) is 2.23. The van der Waals surface area contributed by atoms with Crippen molar-refractivity contribution < 1.29 is 28.2 Å². The molecule has 7 heteroatoms. The fraction of sp³-hybridized carbons (Fsp3) is 0.800. The van der Waals surface area contributed by atoms with Crippen LogP contribution in [0.25, 0.3) is 0 Å². The van der Waals surface area contributed by atoms with Gasteiger partial charge in [-0.25, -0.2) is 8.78 Å². The van der Waals surface area contributed by atoms with Crippen LogP contribution in [-0.2, 0) is 14.3 Å². The van der Waals surface area contributed by atoms with Crippen LogP contribution in [0.4, 0.5) is 8.78 Å². The Bertz CT molecular complexity index is 261. The molecule has 1 atom stereocenters. The van der Waals surface area contributed by atoms with Crippen LogP contribution in [0.1, 0.15) is 13.3 Å². The lowest BCUT2D eigenvalue weighted by Gasteiger charge is -2.19. The Labute approximate surface area is 98.3 Å². The number of aliphatic carboxylic acids is 1. The summed E-state index contributed by atoms with van der Waals surface area (Å²) in [5.74, 6) is -1.98. The van der Waals surface area contributed by atoms with Crippen molar-refractivity contribution in [2.75, 3.05) is 26.8 Å². The minimum Gasteiger partial charge on any atom is -0.481 e. The minimum atomic E-state index is -2.55. The maximum Gasteiger partial charge on any atom is 0.308 e. The van der Waals surface area contributed by atoms with E-state index in [1.54, 1.807) is 0 Å². The number of carboxylic acids is 1. The molecule has 1 unspecified atom stereocenters. The van der Waals surface area contributed by atoms with E-state index in [1.807, 2.05) is 0 Å². The zero-order valence-corrected chi connectivity index (χ0v) is 9.86. The van der Waals surface area contributed by atoms with Gasteiger partial charge in [0.05, 0.1) is 18.9 Å². The molecule has 0 aromatic rings. The lowest BCUT2D eigenvalue weighted by atomic mass is 10.2. The fourth-order valence-electron chi connectivity index (χ4n) is 1.11. The Hall–Kier alpha value is -1.24. The molecule has 0 fully saturated rings. The van der Waals surface area contributed by atoms with Crippen LogP contribution in [0, 0.1) is 5.92 Å². The number of hydrogen-bond donors (Lipinski definition) is 1. The van der Waals surface area contributed by atoms with E-state index in [4.69, 9.17) is 5.11 Å². The number of carboxylic acid groups (broad SMARTS) is 1. The number of halogens is 2. The van der Waals surface area contributed by atoms with Crippen LogP contribution in [0.3, 0.4) is 0 Å². The largest absolute Gasteiger partial charge is 0.481 e. The van der Waals surface area contributed by atoms with Crippen molar-refractivity contribution in [3.63, 3.8) is 0 Å². The molecule has 1 N–H and O–H groups in total. The predicted molar refractivity (Wildman–Crippen MR) is 55.9 cm³/mol. The molecule has 0 aliphatic rings. The first kappa shape index (κ1) is 15.8. The van der Waals surface area contributed by atoms with E-state index in [-0.39, 0.29) is 25.5 Å². The van der Waals surface area contributed by atoms with Crippen LogP contribution in [0.2, 0.25) is 0 Å². The molecule has 0 saturated heterocycles. The van der Waals surface area contributed by atoms with Gasteiger partial charge in [0.15, 0.2) is 0 Å². The fourth-order valence-corrected chi connectivity index (χ4v) is 1.11. The molecule has 0 aromatic carbocycles. The highest BCUT2D eigenvalue weighted by molar-refractivity contribution is 5.77. The molecule has 0 spiro atoms. The van der Waals surface area contributed by atoms with Crippen molar-refractivity contribution in [2.45, 2.75) is 19.8 Å². The van der Waals surface area contributed by atoms with Crippen molar-refractivity contribution in [1.29, 1.82) is 0 Å². The van der Waals surface area contributed by atoms with Gasteiger partial charge in [-0.3, -0.25) is 9.59 Å². The Balaban J connectivity index is 3.78. The Morgan fingerprint density at radius 2 is 2.00 bits per heavy atom. The van der Waals surface area contributed by atoms with E-state index in [1.165, 1.54) is 18.9 Å². The first-order valence-corrected chi connectivity index (χ1v) is 5.17. The summed E-state index contributed by atoms with van der Waals surface area (Å²) < 4.78 is 27.9. The molecule has 0 saturated carbocycles. The molecule has 1 amide bonds. The van der Waals surface area contributed by atoms with Gasteiger partial charge in [0.25, 0.3) is 6.43 Å². The second kappa shape index (κ2) is 7.94. The van der Waals surface area contributed by atoms with Gasteiger partial charge in [0.2, 0.25) is 5.91 Å². The molecule has 0 rings (SSSR count). The maximum absolute atomic E-state index is 11.7. The number of rotatable bonds is 8. The Morgan fingerprint density at radius 3 is 2.47 bits per heavy atom. The third-order valence-corrected chi connectivity index (χ3v) is 2.10. The highest BCUT2D eigenvalue weighted by atomic mass is 19.3. The van der Waals surface area contributed by atoms with Gasteiger partial charge < -0.3 is 14.7 Å². The van der Waals surface area contributed by atoms with Gasteiger partial charge >= 0.3 is 5.97 Å². The third-order valence-electron chi connectivity index (χ3n) is 2.10. The van der Waals surface area contributed by atoms with Gasteiger partial charge in [0.1, 0.15) is 6.61 Å². The van der Waals surface area contributed by atoms with Crippen molar-refractivity contribution in [2.24, 2.45) is 5.92 Å². The van der Waals surface area contributed by atoms with Gasteiger partial charge in [-0.15, -0.1) is 0 Å². The van der Waals surface area contributed by atoms with E-state index in [9.17, 15) is 18.4 Å². The standard InChI is InChI=1S/C10H17F2NO4/c1-7(10(15)16)5-13(2)9(14)3-4-17-6-8(11)12/h7-8H,3-6H2,1-2H3,(H,15,16). The van der Waals surface area contributed by atoms with Crippen molar-refractivity contribution in [3.8, 4) is 0 Å². The first-order valence-electron chi connectivity index (χ1n) is 5.17. The molecule has 17 heavy (non-hydrogen) atoms. The van der Waals surface area contributed by atoms with Crippen LogP contribution >= 0.6 is 0 Å². The van der Waals surface area contributed by atoms with Gasteiger partial charge in [0, 0.05) is 13.6 Å². The summed E-state index contributed by atoms with van der Waals surface area (Å²) in [6.45, 7) is 0.792. The van der Waals surface area contributed by atoms with E-state index in [2.05, 4.69) is 4.74 Å². The number of alkyl halides is 2. The number of hydrogen-bond acceptors (Lipinski definition) is 3. The summed E-state index contributed by atoms with van der Waals surface area (Å²) in [6, 6.07) is 0. The lowest BCUT2D eigenvalue weighted by molar-refractivity contribution is -0.142. The smallest absolute Gasteiger partial charge is 0.308 e. The molecule has 0 bridgehead atoms. The summed E-state index contributed by atoms with van der Waals surface area (Å²) in [5, 5.41) is 8.64. The average molecular weight is 253 g/mol. The summed E-state index contributed by atoms with van der Waals surface area (Å²) in [4.78, 5) is 23.2. The number of carbonyl (C=O) groups excluding carboxylic acids is 1. The highest BCUT2D eigenvalue weighted by Gasteiger charge is 2.17. The van der Waals surface area contributed by atoms with E-state index in [0.717, 1.165) is 0 Å². The molecule has 0 heterocycles. The van der Waals surface area contributed by atoms with Gasteiger partial charge in [-0.2, -0.15) is 0 Å². The molecule has 0 aliphatic heterocycles. The van der Waals surface area contributed by atoms with Crippen molar-refractivity contribution in [3.05, 3.63) is 0 Å². The third kappa shape index (κ3) is 7.62. The second-order valence-electron chi connectivity index (χ2n) is 3.73. The Morgan fingerprint density at radius 1 is 1.41 bits per heavy atom. The number of nitrogens with zero attached hydrogens (tertiary/aromatic N) is 1. The molecule has 0 radical (unpaired) electrons. The number of carbonyl (C=O) groups is 2. The minimum absolute atomic E-state index is 0.0322. The summed E-state index contributed by atoms with van der Waals surface area (Å²) in [7, 11) is 1.47. The first-order chi connectivity index (χ1) is 7.84. The summed E-state index contributed by atoms with van der Waals surface area (Å²) in [6.07, 6.45) is -2.58. The molecular weight excluding hydrogens is 236 g/mol. The summed E-state index contributed by atoms with van der Waals surface area (Å²) >= 11 is 0. The molecule has 0 aliphatic carbocycles. The lowest BCUT2D eigenvalue weighted by Crippen LogP contribution is -2.34. The van der Waals surface area contributed by atoms with Gasteiger partial charge in [-0.05, 0) is 0 Å². The van der Waals surface area contributed by atoms with Crippen LogP contribution in [0.15, 0.2) is 0 Å². The van der Waals surface area contributed by atoms with Gasteiger partial charge in [-0.1, -0.05) is 6.92 Å². The predicted octanol–water partition coefficient (Wildman–Crippen LogP) is 0.837. The summed E-state index contributed by atoms with van der Waals surface area (Å²) in [5.41, 5.74) is 0. The SMILES string of the molecule is CC(CN(C)C(=O)CCOCC(F)F)C(=O)O. The topological polar surface area (TPSA) is 66.8 Å². The van der Waals surface area contributed by atoms with E-state index < -0.39 is 24.9 Å². The maximum atomic E-state index is 11.7. The highest BCUT2D eigenvalue weighted by Crippen LogP contribution is 2.01. The van der Waals surface area contributed by atoms with E-state index in [0.29, 0.717) is 0 Å². The second-order valence-corrected chi connectivity index (χ2v) is 3.73. The zero-order chi connectivity index (χ0) is 13.4. The van der Waals surface area contributed by atoms with Crippen molar-refractivity contribution >= 4 is 11.9 Å². The quantitative estimate of drug-likeness (QED) is 0.651. The normalized spacial score (nSPS) is 12.5. The molecular formula is C10H17F2NO4. The number of amides is 1. The zero-order valence-electron chi connectivity index (χ0n) is 9.86. The van der Waals surface area contributed by atoms with Crippen LogP contribution in [-0.4, -0.2) is 55.1 Å². The van der Waals surface area contributed by atoms with Crippen LogP contribution < -0.4 is 0 Å².